The molecule has 3 heterocycles. The molecule has 1 amide bonds. The van der Waals surface area contributed by atoms with E-state index in [0.29, 0.717) is 35.0 Å². The first-order valence-electron chi connectivity index (χ1n) is 11.3. The molecule has 10 heteroatoms. The average Bonchev–Trinajstić information content (AvgIpc) is 2.81. The molecule has 0 unspecified atom stereocenters. The van der Waals surface area contributed by atoms with Crippen molar-refractivity contribution in [2.45, 2.75) is 44.8 Å². The van der Waals surface area contributed by atoms with E-state index in [1.165, 1.54) is 12.3 Å². The number of piperidine rings is 1. The van der Waals surface area contributed by atoms with Crippen LogP contribution in [-0.4, -0.2) is 70.5 Å². The first-order chi connectivity index (χ1) is 15.9. The highest BCUT2D eigenvalue weighted by Crippen LogP contribution is 2.29. The number of nitrogens with two attached hydrogens (primary N) is 1. The van der Waals surface area contributed by atoms with E-state index in [-0.39, 0.29) is 16.7 Å². The fourth-order valence-electron chi connectivity index (χ4n) is 4.90. The molecule has 0 spiro atoms. The van der Waals surface area contributed by atoms with E-state index in [0.717, 1.165) is 52.0 Å². The Hall–Kier alpha value is -2.00. The number of rotatable bonds is 6. The number of likely N-dealkylation sites (tertiary alicyclic amines) is 1. The number of aromatic nitrogens is 2. The number of nitrogens with zero attached hydrogens (tertiary/aromatic N) is 5. The van der Waals surface area contributed by atoms with Gasteiger partial charge in [0, 0.05) is 48.8 Å². The van der Waals surface area contributed by atoms with Crippen molar-refractivity contribution in [3.63, 3.8) is 0 Å². The summed E-state index contributed by atoms with van der Waals surface area (Å²) >= 11 is 12.2. The van der Waals surface area contributed by atoms with Crippen LogP contribution in [0.25, 0.3) is 0 Å². The molecule has 7 nitrogen and oxygen atoms in total. The summed E-state index contributed by atoms with van der Waals surface area (Å²) in [5, 5.41) is 0.633. The van der Waals surface area contributed by atoms with Crippen LogP contribution in [0.15, 0.2) is 24.4 Å². The van der Waals surface area contributed by atoms with E-state index in [9.17, 15) is 9.18 Å². The fourth-order valence-corrected chi connectivity index (χ4v) is 5.32. The molecule has 2 aliphatic rings. The highest BCUT2D eigenvalue weighted by Gasteiger charge is 2.34. The number of amides is 1. The maximum atomic E-state index is 14.2. The van der Waals surface area contributed by atoms with Gasteiger partial charge in [-0.2, -0.15) is 0 Å². The standard InChI is InChI=1S/C23H29Cl2FN6O/c1-2-17-14-31(23-21(25)29-20(12-28-23)22(27)33)9-10-32(17)18-5-7-30(8-6-18)13-15-3-4-16(24)11-19(15)26/h3-4,11-12,17-18H,2,5-10,13-14H2,1H3,(H2,27,33)/t17-/m0/s1. The Bertz CT molecular complexity index is 1000. The van der Waals surface area contributed by atoms with Crippen molar-refractivity contribution in [3.8, 4) is 0 Å². The van der Waals surface area contributed by atoms with E-state index in [2.05, 4.69) is 31.6 Å². The maximum Gasteiger partial charge on any atom is 0.268 e. The summed E-state index contributed by atoms with van der Waals surface area (Å²) in [6, 6.07) is 5.78. The van der Waals surface area contributed by atoms with Gasteiger partial charge in [-0.1, -0.05) is 36.2 Å². The van der Waals surface area contributed by atoms with Crippen molar-refractivity contribution in [3.05, 3.63) is 51.6 Å². The quantitative estimate of drug-likeness (QED) is 0.660. The molecule has 0 aliphatic carbocycles. The summed E-state index contributed by atoms with van der Waals surface area (Å²) in [7, 11) is 0. The summed E-state index contributed by atoms with van der Waals surface area (Å²) in [5.74, 6) is -0.283. The average molecular weight is 495 g/mol. The van der Waals surface area contributed by atoms with E-state index in [1.807, 2.05) is 0 Å². The molecule has 2 fully saturated rings. The smallest absolute Gasteiger partial charge is 0.268 e. The van der Waals surface area contributed by atoms with Crippen molar-refractivity contribution >= 4 is 34.9 Å². The zero-order valence-corrected chi connectivity index (χ0v) is 20.2. The van der Waals surface area contributed by atoms with Gasteiger partial charge in [0.2, 0.25) is 0 Å². The van der Waals surface area contributed by atoms with Crippen LogP contribution in [0.1, 0.15) is 42.2 Å². The molecule has 0 bridgehead atoms. The lowest BCUT2D eigenvalue weighted by Crippen LogP contribution is -2.58. The van der Waals surface area contributed by atoms with Gasteiger partial charge in [0.15, 0.2) is 11.0 Å². The lowest BCUT2D eigenvalue weighted by atomic mass is 9.98. The Morgan fingerprint density at radius 3 is 2.61 bits per heavy atom. The molecule has 0 radical (unpaired) electrons. The molecule has 4 rings (SSSR count). The zero-order chi connectivity index (χ0) is 23.5. The number of halogens is 3. The summed E-state index contributed by atoms with van der Waals surface area (Å²) < 4.78 is 14.2. The summed E-state index contributed by atoms with van der Waals surface area (Å²) in [6.45, 7) is 7.19. The Balaban J connectivity index is 1.35. The number of carbonyl (C=O) groups excluding carboxylic acids is 1. The van der Waals surface area contributed by atoms with Gasteiger partial charge in [-0.25, -0.2) is 14.4 Å². The van der Waals surface area contributed by atoms with E-state index < -0.39 is 5.91 Å². The van der Waals surface area contributed by atoms with Gasteiger partial charge >= 0.3 is 0 Å². The number of piperazine rings is 1. The summed E-state index contributed by atoms with van der Waals surface area (Å²) in [5.41, 5.74) is 6.04. The molecular formula is C23H29Cl2FN6O. The largest absolute Gasteiger partial charge is 0.364 e. The van der Waals surface area contributed by atoms with Crippen LogP contribution in [0, 0.1) is 5.82 Å². The minimum absolute atomic E-state index is 0.0691. The monoisotopic (exact) mass is 494 g/mol. The molecule has 1 atom stereocenters. The third-order valence-corrected chi connectivity index (χ3v) is 7.19. The van der Waals surface area contributed by atoms with Gasteiger partial charge in [0.05, 0.1) is 6.20 Å². The zero-order valence-electron chi connectivity index (χ0n) is 18.7. The minimum Gasteiger partial charge on any atom is -0.364 e. The number of hydrogen-bond donors (Lipinski definition) is 1. The molecule has 1 aromatic carbocycles. The highest BCUT2D eigenvalue weighted by molar-refractivity contribution is 6.32. The van der Waals surface area contributed by atoms with Crippen molar-refractivity contribution in [2.75, 3.05) is 37.6 Å². The second kappa shape index (κ2) is 10.5. The van der Waals surface area contributed by atoms with Crippen LogP contribution in [0.3, 0.4) is 0 Å². The van der Waals surface area contributed by atoms with Gasteiger partial charge in [-0.15, -0.1) is 0 Å². The molecule has 2 aliphatic heterocycles. The lowest BCUT2D eigenvalue weighted by molar-refractivity contribution is 0.0607. The summed E-state index contributed by atoms with van der Waals surface area (Å²) in [4.78, 5) is 26.8. The first kappa shape index (κ1) is 24.1. The van der Waals surface area contributed by atoms with Crippen LogP contribution in [0.4, 0.5) is 10.2 Å². The lowest BCUT2D eigenvalue weighted by Gasteiger charge is -2.47. The molecule has 2 saturated heterocycles. The molecule has 178 valence electrons. The fraction of sp³-hybridized carbons (Fsp3) is 0.522. The third-order valence-electron chi connectivity index (χ3n) is 6.70. The van der Waals surface area contributed by atoms with Crippen LogP contribution in [0.5, 0.6) is 0 Å². The Kier molecular flexibility index (Phi) is 7.69. The molecule has 2 N–H and O–H groups in total. The maximum absolute atomic E-state index is 14.2. The Morgan fingerprint density at radius 1 is 1.21 bits per heavy atom. The van der Waals surface area contributed by atoms with E-state index in [1.54, 1.807) is 12.1 Å². The topological polar surface area (TPSA) is 78.6 Å². The van der Waals surface area contributed by atoms with Gasteiger partial charge in [0.1, 0.15) is 11.5 Å². The second-order valence-electron chi connectivity index (χ2n) is 8.72. The minimum atomic E-state index is -0.641. The third kappa shape index (κ3) is 5.57. The number of primary amides is 1. The van der Waals surface area contributed by atoms with Crippen molar-refractivity contribution in [2.24, 2.45) is 5.73 Å². The normalized spacial score (nSPS) is 20.8. The van der Waals surface area contributed by atoms with Crippen LogP contribution < -0.4 is 10.6 Å². The summed E-state index contributed by atoms with van der Waals surface area (Å²) in [6.07, 6.45) is 4.51. The SMILES string of the molecule is CC[C@H]1CN(c2ncc(C(N)=O)nc2Cl)CCN1C1CCN(Cc2ccc(Cl)cc2F)CC1. The predicted octanol–water partition coefficient (Wildman–Crippen LogP) is 3.59. The van der Waals surface area contributed by atoms with Gasteiger partial charge in [-0.05, 0) is 44.5 Å². The van der Waals surface area contributed by atoms with Crippen LogP contribution in [-0.2, 0) is 6.54 Å². The first-order valence-corrected chi connectivity index (χ1v) is 12.1. The molecule has 0 saturated carbocycles. The number of anilines is 1. The predicted molar refractivity (Wildman–Crippen MR) is 128 cm³/mol. The highest BCUT2D eigenvalue weighted by atomic mass is 35.5. The van der Waals surface area contributed by atoms with Crippen molar-refractivity contribution in [1.29, 1.82) is 0 Å². The molecule has 33 heavy (non-hydrogen) atoms. The number of carbonyl (C=O) groups is 1. The Morgan fingerprint density at radius 2 is 1.97 bits per heavy atom. The van der Waals surface area contributed by atoms with Gasteiger partial charge in [-0.3, -0.25) is 14.6 Å². The van der Waals surface area contributed by atoms with E-state index in [4.69, 9.17) is 28.9 Å². The molecule has 1 aromatic heterocycles. The second-order valence-corrected chi connectivity index (χ2v) is 9.52. The van der Waals surface area contributed by atoms with Crippen LogP contribution in [0.2, 0.25) is 10.2 Å². The molecule has 2 aromatic rings. The number of hydrogen-bond acceptors (Lipinski definition) is 6. The van der Waals surface area contributed by atoms with Crippen molar-refractivity contribution in [1.82, 2.24) is 19.8 Å². The molecular weight excluding hydrogens is 466 g/mol. The van der Waals surface area contributed by atoms with Crippen molar-refractivity contribution < 1.29 is 9.18 Å². The Labute approximate surface area is 203 Å². The number of benzene rings is 1. The van der Waals surface area contributed by atoms with Gasteiger partial charge < -0.3 is 10.6 Å². The van der Waals surface area contributed by atoms with E-state index >= 15 is 0 Å². The van der Waals surface area contributed by atoms with Crippen LogP contribution >= 0.6 is 23.2 Å². The van der Waals surface area contributed by atoms with Gasteiger partial charge in [0.25, 0.3) is 5.91 Å².